The molecule has 0 saturated heterocycles. The topological polar surface area (TPSA) is 17.1 Å². The molecule has 4 heteroatoms. The maximum atomic E-state index is 13.0. The van der Waals surface area contributed by atoms with Crippen LogP contribution in [0.1, 0.15) is 10.4 Å². The Hall–Kier alpha value is -1.13. The summed E-state index contributed by atoms with van der Waals surface area (Å²) in [7, 11) is 0. The Balaban J connectivity index is 2.27. The first-order chi connectivity index (χ1) is 8.19. The van der Waals surface area contributed by atoms with Gasteiger partial charge in [-0.25, -0.2) is 4.39 Å². The van der Waals surface area contributed by atoms with Crippen molar-refractivity contribution in [3.8, 4) is 0 Å². The molecule has 1 nitrogen and oxygen atoms in total. The highest BCUT2D eigenvalue weighted by molar-refractivity contribution is 9.10. The van der Waals surface area contributed by atoms with Gasteiger partial charge in [-0.05, 0) is 46.3 Å². The van der Waals surface area contributed by atoms with Crippen molar-refractivity contribution < 1.29 is 9.18 Å². The second-order valence-corrected chi connectivity index (χ2v) is 5.34. The van der Waals surface area contributed by atoms with Crippen molar-refractivity contribution in [1.82, 2.24) is 0 Å². The van der Waals surface area contributed by atoms with Crippen LogP contribution in [0.2, 0.25) is 0 Å². The number of carbonyl (C=O) groups is 1. The van der Waals surface area contributed by atoms with Gasteiger partial charge in [0.1, 0.15) is 12.1 Å². The summed E-state index contributed by atoms with van der Waals surface area (Å²) in [6.45, 7) is 0. The lowest BCUT2D eigenvalue weighted by atomic mass is 10.2. The van der Waals surface area contributed by atoms with Crippen molar-refractivity contribution in [2.75, 3.05) is 0 Å². The van der Waals surface area contributed by atoms with Gasteiger partial charge in [0.2, 0.25) is 0 Å². The fourth-order valence-corrected chi connectivity index (χ4v) is 2.83. The SMILES string of the molecule is O=Cc1ccc(Sc2cccc(F)c2)c(Br)c1. The van der Waals surface area contributed by atoms with Gasteiger partial charge in [0, 0.05) is 19.8 Å². The molecule has 0 N–H and O–H groups in total. The molecule has 2 rings (SSSR count). The average Bonchev–Trinajstić information content (AvgIpc) is 2.32. The van der Waals surface area contributed by atoms with E-state index in [4.69, 9.17) is 0 Å². The smallest absolute Gasteiger partial charge is 0.150 e. The zero-order chi connectivity index (χ0) is 12.3. The van der Waals surface area contributed by atoms with Crippen molar-refractivity contribution in [1.29, 1.82) is 0 Å². The van der Waals surface area contributed by atoms with Crippen LogP contribution in [0.5, 0.6) is 0 Å². The molecule has 0 amide bonds. The van der Waals surface area contributed by atoms with Crippen LogP contribution in [-0.4, -0.2) is 6.29 Å². The summed E-state index contributed by atoms with van der Waals surface area (Å²) >= 11 is 4.84. The second kappa shape index (κ2) is 5.47. The van der Waals surface area contributed by atoms with Crippen LogP contribution in [0.25, 0.3) is 0 Å². The molecule has 0 heterocycles. The summed E-state index contributed by atoms with van der Waals surface area (Å²) in [6, 6.07) is 11.7. The normalized spacial score (nSPS) is 10.2. The minimum absolute atomic E-state index is 0.254. The van der Waals surface area contributed by atoms with E-state index in [1.807, 2.05) is 12.1 Å². The first-order valence-corrected chi connectivity index (χ1v) is 6.48. The molecule has 0 spiro atoms. The van der Waals surface area contributed by atoms with Crippen LogP contribution in [0.4, 0.5) is 4.39 Å². The Labute approximate surface area is 111 Å². The molecule has 0 fully saturated rings. The quantitative estimate of drug-likeness (QED) is 0.773. The summed E-state index contributed by atoms with van der Waals surface area (Å²) in [5.74, 6) is -0.254. The number of aldehydes is 1. The molecule has 0 radical (unpaired) electrons. The molecular weight excluding hydrogens is 303 g/mol. The van der Waals surface area contributed by atoms with Crippen LogP contribution >= 0.6 is 27.7 Å². The van der Waals surface area contributed by atoms with E-state index in [1.54, 1.807) is 18.2 Å². The number of halogens is 2. The maximum Gasteiger partial charge on any atom is 0.150 e. The van der Waals surface area contributed by atoms with Gasteiger partial charge in [-0.15, -0.1) is 0 Å². The molecule has 0 aliphatic heterocycles. The lowest BCUT2D eigenvalue weighted by molar-refractivity contribution is 0.112. The first kappa shape index (κ1) is 12.3. The Morgan fingerprint density at radius 1 is 1.18 bits per heavy atom. The number of benzene rings is 2. The monoisotopic (exact) mass is 310 g/mol. The molecule has 17 heavy (non-hydrogen) atoms. The fraction of sp³-hybridized carbons (Fsp3) is 0. The molecule has 86 valence electrons. The molecule has 0 unspecified atom stereocenters. The molecule has 2 aromatic carbocycles. The summed E-state index contributed by atoms with van der Waals surface area (Å²) in [5, 5.41) is 0. The summed E-state index contributed by atoms with van der Waals surface area (Å²) in [6.07, 6.45) is 0.793. The highest BCUT2D eigenvalue weighted by Crippen LogP contribution is 2.33. The highest BCUT2D eigenvalue weighted by Gasteiger charge is 2.04. The van der Waals surface area contributed by atoms with E-state index >= 15 is 0 Å². The van der Waals surface area contributed by atoms with Crippen LogP contribution in [0.15, 0.2) is 56.7 Å². The number of carbonyl (C=O) groups excluding carboxylic acids is 1. The van der Waals surface area contributed by atoms with Crippen LogP contribution in [-0.2, 0) is 0 Å². The third-order valence-electron chi connectivity index (χ3n) is 2.12. The Morgan fingerprint density at radius 2 is 2.00 bits per heavy atom. The van der Waals surface area contributed by atoms with E-state index < -0.39 is 0 Å². The van der Waals surface area contributed by atoms with Crippen molar-refractivity contribution in [3.05, 3.63) is 58.3 Å². The van der Waals surface area contributed by atoms with E-state index in [0.29, 0.717) is 5.56 Å². The fourth-order valence-electron chi connectivity index (χ4n) is 1.33. The van der Waals surface area contributed by atoms with Crippen molar-refractivity contribution >= 4 is 34.0 Å². The average molecular weight is 311 g/mol. The third kappa shape index (κ3) is 3.17. The molecule has 0 saturated carbocycles. The van der Waals surface area contributed by atoms with Crippen LogP contribution in [0.3, 0.4) is 0 Å². The lowest BCUT2D eigenvalue weighted by Gasteiger charge is -2.05. The molecule has 0 bridgehead atoms. The van der Waals surface area contributed by atoms with E-state index in [9.17, 15) is 9.18 Å². The van der Waals surface area contributed by atoms with Gasteiger partial charge in [-0.1, -0.05) is 23.9 Å². The highest BCUT2D eigenvalue weighted by atomic mass is 79.9. The maximum absolute atomic E-state index is 13.0. The van der Waals surface area contributed by atoms with E-state index in [1.165, 1.54) is 23.9 Å². The number of hydrogen-bond donors (Lipinski definition) is 0. The molecule has 0 aliphatic rings. The Bertz CT molecular complexity index is 557. The molecule has 0 aromatic heterocycles. The van der Waals surface area contributed by atoms with Gasteiger partial charge < -0.3 is 0 Å². The van der Waals surface area contributed by atoms with Crippen LogP contribution in [0, 0.1) is 5.82 Å². The molecule has 0 aliphatic carbocycles. The Morgan fingerprint density at radius 3 is 2.65 bits per heavy atom. The summed E-state index contributed by atoms with van der Waals surface area (Å²) in [4.78, 5) is 12.4. The zero-order valence-electron chi connectivity index (χ0n) is 8.69. The number of hydrogen-bond acceptors (Lipinski definition) is 2. The van der Waals surface area contributed by atoms with Crippen molar-refractivity contribution in [2.24, 2.45) is 0 Å². The Kier molecular flexibility index (Phi) is 3.97. The van der Waals surface area contributed by atoms with Gasteiger partial charge in [-0.2, -0.15) is 0 Å². The predicted octanol–water partition coefficient (Wildman–Crippen LogP) is 4.55. The second-order valence-electron chi connectivity index (χ2n) is 3.37. The van der Waals surface area contributed by atoms with Crippen molar-refractivity contribution in [2.45, 2.75) is 9.79 Å². The standard InChI is InChI=1S/C13H8BrFOS/c14-12-6-9(8-16)4-5-13(12)17-11-3-1-2-10(15)7-11/h1-8H. The molecule has 0 atom stereocenters. The van der Waals surface area contributed by atoms with Gasteiger partial charge in [0.15, 0.2) is 0 Å². The molecule has 2 aromatic rings. The minimum Gasteiger partial charge on any atom is -0.298 e. The summed E-state index contributed by atoms with van der Waals surface area (Å²) < 4.78 is 13.8. The minimum atomic E-state index is -0.254. The third-order valence-corrected chi connectivity index (χ3v) is 4.10. The zero-order valence-corrected chi connectivity index (χ0v) is 11.1. The molecular formula is C13H8BrFOS. The summed E-state index contributed by atoms with van der Waals surface area (Å²) in [5.41, 5.74) is 0.612. The van der Waals surface area contributed by atoms with Crippen LogP contribution < -0.4 is 0 Å². The lowest BCUT2D eigenvalue weighted by Crippen LogP contribution is -1.82. The predicted molar refractivity (Wildman–Crippen MR) is 70.1 cm³/mol. The first-order valence-electron chi connectivity index (χ1n) is 4.87. The van der Waals surface area contributed by atoms with E-state index in [-0.39, 0.29) is 5.82 Å². The van der Waals surface area contributed by atoms with E-state index in [2.05, 4.69) is 15.9 Å². The van der Waals surface area contributed by atoms with Gasteiger partial charge in [0.05, 0.1) is 0 Å². The number of rotatable bonds is 3. The largest absolute Gasteiger partial charge is 0.298 e. The van der Waals surface area contributed by atoms with Gasteiger partial charge in [-0.3, -0.25) is 4.79 Å². The van der Waals surface area contributed by atoms with Gasteiger partial charge >= 0.3 is 0 Å². The van der Waals surface area contributed by atoms with Gasteiger partial charge in [0.25, 0.3) is 0 Å². The van der Waals surface area contributed by atoms with E-state index in [0.717, 1.165) is 20.5 Å². The van der Waals surface area contributed by atoms with Crippen molar-refractivity contribution in [3.63, 3.8) is 0 Å².